The molecule has 5 nitrogen and oxygen atoms in total. The zero-order valence-corrected chi connectivity index (χ0v) is 12.1. The van der Waals surface area contributed by atoms with Gasteiger partial charge in [0.2, 0.25) is 5.91 Å². The Morgan fingerprint density at radius 2 is 1.85 bits per heavy atom. The molecule has 1 aliphatic heterocycles. The van der Waals surface area contributed by atoms with E-state index in [2.05, 4.69) is 9.64 Å². The summed E-state index contributed by atoms with van der Waals surface area (Å²) in [7, 11) is 5.40. The number of esters is 1. The molecule has 0 N–H and O–H groups in total. The second-order valence-corrected chi connectivity index (χ2v) is 5.28. The second-order valence-electron chi connectivity index (χ2n) is 5.28. The van der Waals surface area contributed by atoms with E-state index in [-0.39, 0.29) is 11.9 Å². The fourth-order valence-corrected chi connectivity index (χ4v) is 2.15. The molecule has 1 aromatic carbocycles. The molecule has 1 amide bonds. The predicted molar refractivity (Wildman–Crippen MR) is 75.5 cm³/mol. The minimum absolute atomic E-state index is 0.133. The first-order valence-corrected chi connectivity index (χ1v) is 6.62. The summed E-state index contributed by atoms with van der Waals surface area (Å²) in [5, 5.41) is 0. The number of benzene rings is 1. The number of carbonyl (C=O) groups is 2. The number of likely N-dealkylation sites (tertiary alicyclic amines) is 1. The van der Waals surface area contributed by atoms with Gasteiger partial charge in [-0.2, -0.15) is 0 Å². The standard InChI is InChI=1S/C15H20N2O3/c1-16(2)13-9-17(10-13)14(18)8-11-4-6-12(7-5-11)15(19)20-3/h4-7,13H,8-10H2,1-3H3. The molecule has 1 aliphatic rings. The number of carbonyl (C=O) groups excluding carboxylic acids is 2. The molecule has 0 unspecified atom stereocenters. The normalized spacial score (nSPS) is 15.1. The van der Waals surface area contributed by atoms with E-state index in [1.807, 2.05) is 19.0 Å². The Morgan fingerprint density at radius 1 is 1.25 bits per heavy atom. The Kier molecular flexibility index (Phi) is 4.39. The smallest absolute Gasteiger partial charge is 0.337 e. The van der Waals surface area contributed by atoms with E-state index in [0.717, 1.165) is 18.7 Å². The number of nitrogens with zero attached hydrogens (tertiary/aromatic N) is 2. The summed E-state index contributed by atoms with van der Waals surface area (Å²) in [5.41, 5.74) is 1.41. The third-order valence-electron chi connectivity index (χ3n) is 3.68. The fourth-order valence-electron chi connectivity index (χ4n) is 2.15. The van der Waals surface area contributed by atoms with Crippen molar-refractivity contribution in [3.8, 4) is 0 Å². The third-order valence-corrected chi connectivity index (χ3v) is 3.68. The van der Waals surface area contributed by atoms with Crippen molar-refractivity contribution in [2.24, 2.45) is 0 Å². The molecule has 1 aromatic rings. The first-order valence-electron chi connectivity index (χ1n) is 6.62. The van der Waals surface area contributed by atoms with Crippen LogP contribution in [0, 0.1) is 0 Å². The van der Waals surface area contributed by atoms with E-state index >= 15 is 0 Å². The number of hydrogen-bond donors (Lipinski definition) is 0. The molecule has 20 heavy (non-hydrogen) atoms. The lowest BCUT2D eigenvalue weighted by molar-refractivity contribution is -0.137. The molecule has 0 spiro atoms. The topological polar surface area (TPSA) is 49.9 Å². The highest BCUT2D eigenvalue weighted by molar-refractivity contribution is 5.89. The highest BCUT2D eigenvalue weighted by atomic mass is 16.5. The Labute approximate surface area is 119 Å². The summed E-state index contributed by atoms with van der Waals surface area (Å²) in [4.78, 5) is 27.4. The third kappa shape index (κ3) is 3.17. The van der Waals surface area contributed by atoms with Gasteiger partial charge in [0.1, 0.15) is 0 Å². The van der Waals surface area contributed by atoms with E-state index in [4.69, 9.17) is 0 Å². The molecular formula is C15H20N2O3. The molecule has 5 heteroatoms. The van der Waals surface area contributed by atoms with Gasteiger partial charge in [0.15, 0.2) is 0 Å². The van der Waals surface area contributed by atoms with E-state index in [1.54, 1.807) is 24.3 Å². The van der Waals surface area contributed by atoms with Gasteiger partial charge in [-0.1, -0.05) is 12.1 Å². The zero-order chi connectivity index (χ0) is 14.7. The van der Waals surface area contributed by atoms with Gasteiger partial charge >= 0.3 is 5.97 Å². The molecule has 1 heterocycles. The first kappa shape index (κ1) is 14.5. The van der Waals surface area contributed by atoms with E-state index in [1.165, 1.54) is 7.11 Å². The average Bonchev–Trinajstić information content (AvgIpc) is 2.36. The minimum atomic E-state index is -0.362. The maximum Gasteiger partial charge on any atom is 0.337 e. The fraction of sp³-hybridized carbons (Fsp3) is 0.467. The monoisotopic (exact) mass is 276 g/mol. The van der Waals surface area contributed by atoms with Gasteiger partial charge in [-0.05, 0) is 31.8 Å². The lowest BCUT2D eigenvalue weighted by atomic mass is 10.0. The van der Waals surface area contributed by atoms with Crippen molar-refractivity contribution in [1.82, 2.24) is 9.80 Å². The van der Waals surface area contributed by atoms with Crippen molar-refractivity contribution in [3.05, 3.63) is 35.4 Å². The maximum absolute atomic E-state index is 12.1. The zero-order valence-electron chi connectivity index (χ0n) is 12.1. The van der Waals surface area contributed by atoms with Crippen molar-refractivity contribution in [1.29, 1.82) is 0 Å². The lowest BCUT2D eigenvalue weighted by Gasteiger charge is -2.42. The Hall–Kier alpha value is -1.88. The lowest BCUT2D eigenvalue weighted by Crippen LogP contribution is -2.59. The van der Waals surface area contributed by atoms with Crippen LogP contribution < -0.4 is 0 Å². The minimum Gasteiger partial charge on any atom is -0.465 e. The van der Waals surface area contributed by atoms with E-state index in [9.17, 15) is 9.59 Å². The molecular weight excluding hydrogens is 256 g/mol. The van der Waals surface area contributed by atoms with Gasteiger partial charge < -0.3 is 14.5 Å². The number of methoxy groups -OCH3 is 1. The van der Waals surface area contributed by atoms with Gasteiger partial charge in [-0.25, -0.2) is 4.79 Å². The molecule has 0 saturated carbocycles. The van der Waals surface area contributed by atoms with Crippen LogP contribution >= 0.6 is 0 Å². The summed E-state index contributed by atoms with van der Waals surface area (Å²) in [6.07, 6.45) is 0.377. The van der Waals surface area contributed by atoms with Crippen LogP contribution in [0.3, 0.4) is 0 Å². The van der Waals surface area contributed by atoms with Crippen molar-refractivity contribution in [2.75, 3.05) is 34.3 Å². The summed E-state index contributed by atoms with van der Waals surface area (Å²) in [6.45, 7) is 1.60. The van der Waals surface area contributed by atoms with Crippen LogP contribution in [0.2, 0.25) is 0 Å². The molecule has 0 radical (unpaired) electrons. The summed E-state index contributed by atoms with van der Waals surface area (Å²) < 4.78 is 4.64. The highest BCUT2D eigenvalue weighted by Gasteiger charge is 2.31. The van der Waals surface area contributed by atoms with Crippen LogP contribution in [0.5, 0.6) is 0 Å². The second kappa shape index (κ2) is 6.05. The van der Waals surface area contributed by atoms with Gasteiger partial charge in [-0.3, -0.25) is 4.79 Å². The Balaban J connectivity index is 1.88. The highest BCUT2D eigenvalue weighted by Crippen LogP contribution is 2.15. The first-order chi connectivity index (χ1) is 9.51. The molecule has 0 atom stereocenters. The molecule has 0 aliphatic carbocycles. The van der Waals surface area contributed by atoms with Crippen molar-refractivity contribution in [2.45, 2.75) is 12.5 Å². The number of amides is 1. The average molecular weight is 276 g/mol. The van der Waals surface area contributed by atoms with Crippen molar-refractivity contribution >= 4 is 11.9 Å². The van der Waals surface area contributed by atoms with Gasteiger partial charge in [0.05, 0.1) is 19.1 Å². The van der Waals surface area contributed by atoms with Crippen LogP contribution in [0.4, 0.5) is 0 Å². The molecule has 0 aromatic heterocycles. The Bertz CT molecular complexity index is 490. The van der Waals surface area contributed by atoms with E-state index in [0.29, 0.717) is 18.0 Å². The summed E-state index contributed by atoms with van der Waals surface area (Å²) in [5.74, 6) is -0.228. The van der Waals surface area contributed by atoms with Gasteiger partial charge in [0, 0.05) is 19.1 Å². The quantitative estimate of drug-likeness (QED) is 0.763. The number of hydrogen-bond acceptors (Lipinski definition) is 4. The Morgan fingerprint density at radius 3 is 2.35 bits per heavy atom. The van der Waals surface area contributed by atoms with E-state index < -0.39 is 0 Å². The van der Waals surface area contributed by atoms with Crippen LogP contribution in [-0.4, -0.2) is 62.0 Å². The predicted octanol–water partition coefficient (Wildman–Crippen LogP) is 0.788. The van der Waals surface area contributed by atoms with Gasteiger partial charge in [0.25, 0.3) is 0 Å². The number of rotatable bonds is 4. The molecule has 2 rings (SSSR count). The van der Waals surface area contributed by atoms with Crippen LogP contribution in [0.25, 0.3) is 0 Å². The van der Waals surface area contributed by atoms with Gasteiger partial charge in [-0.15, -0.1) is 0 Å². The van der Waals surface area contributed by atoms with Crippen molar-refractivity contribution < 1.29 is 14.3 Å². The molecule has 108 valence electrons. The summed E-state index contributed by atoms with van der Waals surface area (Å²) >= 11 is 0. The maximum atomic E-state index is 12.1. The number of ether oxygens (including phenoxy) is 1. The molecule has 1 fully saturated rings. The summed E-state index contributed by atoms with van der Waals surface area (Å²) in [6, 6.07) is 7.45. The molecule has 0 bridgehead atoms. The van der Waals surface area contributed by atoms with Crippen molar-refractivity contribution in [3.63, 3.8) is 0 Å². The molecule has 1 saturated heterocycles. The SMILES string of the molecule is COC(=O)c1ccc(CC(=O)N2CC(N(C)C)C2)cc1. The number of likely N-dealkylation sites (N-methyl/N-ethyl adjacent to an activating group) is 1. The van der Waals surface area contributed by atoms with Crippen LogP contribution in [-0.2, 0) is 16.0 Å². The van der Waals surface area contributed by atoms with Crippen LogP contribution in [0.15, 0.2) is 24.3 Å². The van der Waals surface area contributed by atoms with Crippen LogP contribution in [0.1, 0.15) is 15.9 Å². The largest absolute Gasteiger partial charge is 0.465 e.